The van der Waals surface area contributed by atoms with Gasteiger partial charge < -0.3 is 4.90 Å². The van der Waals surface area contributed by atoms with Crippen LogP contribution in [0.15, 0.2) is 72.8 Å². The third-order valence-electron chi connectivity index (χ3n) is 5.28. The molecular formula is C25H23NO. The van der Waals surface area contributed by atoms with Gasteiger partial charge in [0.2, 0.25) is 0 Å². The maximum Gasteiger partial charge on any atom is 0.185 e. The zero-order valence-corrected chi connectivity index (χ0v) is 15.8. The number of carbonyl (C=O) groups is 1. The number of nitrogens with zero attached hydrogens (tertiary/aromatic N) is 1. The van der Waals surface area contributed by atoms with Gasteiger partial charge in [0.1, 0.15) is 0 Å². The molecule has 27 heavy (non-hydrogen) atoms. The molecule has 2 nitrogen and oxygen atoms in total. The maximum atomic E-state index is 12.4. The predicted octanol–water partition coefficient (Wildman–Crippen LogP) is 5.72. The first kappa shape index (κ1) is 17.3. The molecule has 0 amide bonds. The lowest BCUT2D eigenvalue weighted by Crippen LogP contribution is -2.14. The summed E-state index contributed by atoms with van der Waals surface area (Å²) in [6.07, 6.45) is 3.50. The van der Waals surface area contributed by atoms with Crippen LogP contribution >= 0.6 is 0 Å². The molecule has 0 unspecified atom stereocenters. The van der Waals surface area contributed by atoms with E-state index in [0.717, 1.165) is 24.3 Å². The van der Waals surface area contributed by atoms with Crippen LogP contribution in [0.4, 0.5) is 5.69 Å². The van der Waals surface area contributed by atoms with E-state index in [1.165, 1.54) is 22.3 Å². The van der Waals surface area contributed by atoms with Crippen LogP contribution in [0.25, 0.3) is 6.08 Å². The first-order valence-electron chi connectivity index (χ1n) is 9.31. The van der Waals surface area contributed by atoms with Crippen molar-refractivity contribution in [1.82, 2.24) is 0 Å². The Morgan fingerprint density at radius 1 is 0.852 bits per heavy atom. The minimum Gasteiger partial charge on any atom is -0.363 e. The van der Waals surface area contributed by atoms with Gasteiger partial charge in [-0.05, 0) is 72.0 Å². The summed E-state index contributed by atoms with van der Waals surface area (Å²) in [5.74, 6) is 0.0290. The molecule has 1 heterocycles. The predicted molar refractivity (Wildman–Crippen MR) is 112 cm³/mol. The third kappa shape index (κ3) is 3.70. The highest BCUT2D eigenvalue weighted by Crippen LogP contribution is 2.30. The second-order valence-corrected chi connectivity index (χ2v) is 7.22. The van der Waals surface area contributed by atoms with Crippen LogP contribution in [-0.2, 0) is 13.1 Å². The number of hydrogen-bond donors (Lipinski definition) is 0. The highest BCUT2D eigenvalue weighted by Gasteiger charge is 2.20. The zero-order valence-electron chi connectivity index (χ0n) is 15.8. The molecule has 134 valence electrons. The van der Waals surface area contributed by atoms with Crippen molar-refractivity contribution in [3.05, 3.63) is 106 Å². The lowest BCUT2D eigenvalue weighted by atomic mass is 10.0. The molecule has 0 radical (unpaired) electrons. The maximum absolute atomic E-state index is 12.4. The van der Waals surface area contributed by atoms with Crippen molar-refractivity contribution in [3.63, 3.8) is 0 Å². The van der Waals surface area contributed by atoms with Gasteiger partial charge in [-0.2, -0.15) is 0 Å². The van der Waals surface area contributed by atoms with E-state index < -0.39 is 0 Å². The van der Waals surface area contributed by atoms with Crippen LogP contribution in [0, 0.1) is 13.8 Å². The van der Waals surface area contributed by atoms with Crippen LogP contribution in [0.5, 0.6) is 0 Å². The van der Waals surface area contributed by atoms with Gasteiger partial charge in [-0.25, -0.2) is 0 Å². The summed E-state index contributed by atoms with van der Waals surface area (Å²) in [5, 5.41) is 0. The molecule has 1 aliphatic rings. The Balaban J connectivity index is 1.47. The van der Waals surface area contributed by atoms with Gasteiger partial charge in [0.05, 0.1) is 0 Å². The molecule has 0 atom stereocenters. The fourth-order valence-electron chi connectivity index (χ4n) is 3.55. The van der Waals surface area contributed by atoms with Gasteiger partial charge in [0, 0.05) is 24.3 Å². The molecule has 0 spiro atoms. The Kier molecular flexibility index (Phi) is 4.64. The SMILES string of the molecule is Cc1cc2c(cc1C)CN(c1ccc(C(=O)C=Cc3ccccc3)cc1)C2. The number of rotatable bonds is 4. The Hall–Kier alpha value is -3.13. The molecular weight excluding hydrogens is 330 g/mol. The number of anilines is 1. The number of hydrogen-bond acceptors (Lipinski definition) is 2. The molecule has 0 aromatic heterocycles. The van der Waals surface area contributed by atoms with E-state index in [4.69, 9.17) is 0 Å². The van der Waals surface area contributed by atoms with Gasteiger partial charge in [-0.3, -0.25) is 4.79 Å². The summed E-state index contributed by atoms with van der Waals surface area (Å²) in [4.78, 5) is 14.8. The Morgan fingerprint density at radius 3 is 2.04 bits per heavy atom. The second-order valence-electron chi connectivity index (χ2n) is 7.22. The average Bonchev–Trinajstić information content (AvgIpc) is 3.10. The molecule has 3 aromatic rings. The first-order valence-corrected chi connectivity index (χ1v) is 9.31. The Bertz CT molecular complexity index is 969. The summed E-state index contributed by atoms with van der Waals surface area (Å²) in [6.45, 7) is 6.19. The van der Waals surface area contributed by atoms with Gasteiger partial charge >= 0.3 is 0 Å². The van der Waals surface area contributed by atoms with Crippen molar-refractivity contribution in [1.29, 1.82) is 0 Å². The number of benzene rings is 3. The van der Waals surface area contributed by atoms with Crippen molar-refractivity contribution in [2.75, 3.05) is 4.90 Å². The van der Waals surface area contributed by atoms with E-state index in [1.807, 2.05) is 48.5 Å². The molecule has 4 rings (SSSR count). The fourth-order valence-corrected chi connectivity index (χ4v) is 3.55. The molecule has 0 fully saturated rings. The van der Waals surface area contributed by atoms with Crippen molar-refractivity contribution < 1.29 is 4.79 Å². The summed E-state index contributed by atoms with van der Waals surface area (Å²) in [5.41, 5.74) is 8.42. The number of carbonyl (C=O) groups excluding carboxylic acids is 1. The van der Waals surface area contributed by atoms with Gasteiger partial charge in [0.25, 0.3) is 0 Å². The summed E-state index contributed by atoms with van der Waals surface area (Å²) in [6, 6.07) is 22.4. The Labute approximate surface area is 160 Å². The highest BCUT2D eigenvalue weighted by atomic mass is 16.1. The smallest absolute Gasteiger partial charge is 0.185 e. The minimum atomic E-state index is 0.0290. The van der Waals surface area contributed by atoms with Crippen molar-refractivity contribution in [3.8, 4) is 0 Å². The van der Waals surface area contributed by atoms with Crippen molar-refractivity contribution in [2.24, 2.45) is 0 Å². The van der Waals surface area contributed by atoms with Crippen LogP contribution in [0.2, 0.25) is 0 Å². The van der Waals surface area contributed by atoms with Crippen molar-refractivity contribution >= 4 is 17.5 Å². The summed E-state index contributed by atoms with van der Waals surface area (Å²) in [7, 11) is 0. The summed E-state index contributed by atoms with van der Waals surface area (Å²) < 4.78 is 0. The average molecular weight is 353 g/mol. The number of aryl methyl sites for hydroxylation is 2. The quantitative estimate of drug-likeness (QED) is 0.442. The van der Waals surface area contributed by atoms with Gasteiger partial charge in [-0.15, -0.1) is 0 Å². The monoisotopic (exact) mass is 353 g/mol. The minimum absolute atomic E-state index is 0.0290. The van der Waals surface area contributed by atoms with Crippen molar-refractivity contribution in [2.45, 2.75) is 26.9 Å². The largest absolute Gasteiger partial charge is 0.363 e. The second kappa shape index (κ2) is 7.24. The van der Waals surface area contributed by atoms with Crippen LogP contribution < -0.4 is 4.90 Å². The Morgan fingerprint density at radius 2 is 1.44 bits per heavy atom. The van der Waals surface area contributed by atoms with Crippen LogP contribution in [0.1, 0.15) is 38.2 Å². The van der Waals surface area contributed by atoms with E-state index in [9.17, 15) is 4.79 Å². The topological polar surface area (TPSA) is 20.3 Å². The van der Waals surface area contributed by atoms with Gasteiger partial charge in [-0.1, -0.05) is 48.5 Å². The van der Waals surface area contributed by atoms with Crippen LogP contribution in [0.3, 0.4) is 0 Å². The standard InChI is InChI=1S/C25H23NO/c1-18-14-22-16-26(17-23(22)15-19(18)2)24-11-9-21(10-12-24)25(27)13-8-20-6-4-3-5-7-20/h3-15H,16-17H2,1-2H3. The molecule has 2 heteroatoms. The summed E-state index contributed by atoms with van der Waals surface area (Å²) >= 11 is 0. The molecule has 0 N–H and O–H groups in total. The van der Waals surface area contributed by atoms with E-state index in [-0.39, 0.29) is 5.78 Å². The lowest BCUT2D eigenvalue weighted by Gasteiger charge is -2.17. The lowest BCUT2D eigenvalue weighted by molar-refractivity contribution is 0.104. The number of allylic oxidation sites excluding steroid dienone is 1. The molecule has 0 aliphatic carbocycles. The van der Waals surface area contributed by atoms with Crippen LogP contribution in [-0.4, -0.2) is 5.78 Å². The first-order chi connectivity index (χ1) is 13.1. The van der Waals surface area contributed by atoms with E-state index in [0.29, 0.717) is 5.56 Å². The molecule has 3 aromatic carbocycles. The van der Waals surface area contributed by atoms with Gasteiger partial charge in [0.15, 0.2) is 5.78 Å². The zero-order chi connectivity index (χ0) is 18.8. The molecule has 1 aliphatic heterocycles. The third-order valence-corrected chi connectivity index (χ3v) is 5.28. The highest BCUT2D eigenvalue weighted by molar-refractivity contribution is 6.07. The molecule has 0 bridgehead atoms. The normalized spacial score (nSPS) is 13.2. The molecule has 0 saturated heterocycles. The van der Waals surface area contributed by atoms with E-state index in [2.05, 4.69) is 43.0 Å². The molecule has 0 saturated carbocycles. The van der Waals surface area contributed by atoms with E-state index in [1.54, 1.807) is 6.08 Å². The fraction of sp³-hybridized carbons (Fsp3) is 0.160. The van der Waals surface area contributed by atoms with E-state index >= 15 is 0 Å². The number of ketones is 1. The number of fused-ring (bicyclic) bond motifs is 1.